The van der Waals surface area contributed by atoms with Crippen LogP contribution in [0, 0.1) is 11.8 Å². The number of aliphatic hydroxyl groups excluding tert-OH is 1. The molecule has 0 aliphatic heterocycles. The summed E-state index contributed by atoms with van der Waals surface area (Å²) in [5.41, 5.74) is 0.948. The van der Waals surface area contributed by atoms with Crippen molar-refractivity contribution in [1.29, 1.82) is 0 Å². The summed E-state index contributed by atoms with van der Waals surface area (Å²) in [6.07, 6.45) is 1.68. The smallest absolute Gasteiger partial charge is 0.119 e. The lowest BCUT2D eigenvalue weighted by molar-refractivity contribution is 0.237. The molecule has 3 heteroatoms. The van der Waals surface area contributed by atoms with E-state index in [9.17, 15) is 0 Å². The first kappa shape index (κ1) is 15.6. The molecule has 104 valence electrons. The molecule has 0 aliphatic rings. The second kappa shape index (κ2) is 9.43. The molecule has 3 nitrogen and oxygen atoms in total. The van der Waals surface area contributed by atoms with Crippen LogP contribution in [0.5, 0.6) is 5.75 Å². The van der Waals surface area contributed by atoms with Gasteiger partial charge in [0.05, 0.1) is 6.61 Å². The molecule has 1 aromatic carbocycles. The van der Waals surface area contributed by atoms with Crippen molar-refractivity contribution in [3.63, 3.8) is 0 Å². The van der Waals surface area contributed by atoms with Crippen molar-refractivity contribution in [2.45, 2.75) is 19.8 Å². The highest BCUT2D eigenvalue weighted by atomic mass is 16.5. The molecule has 0 saturated carbocycles. The minimum Gasteiger partial charge on any atom is -0.492 e. The molecule has 0 heterocycles. The van der Waals surface area contributed by atoms with Gasteiger partial charge in [0.2, 0.25) is 0 Å². The molecule has 19 heavy (non-hydrogen) atoms. The molecule has 0 unspecified atom stereocenters. The molecular formula is C16H23NO2. The summed E-state index contributed by atoms with van der Waals surface area (Å²) >= 11 is 0. The Balaban J connectivity index is 2.34. The Labute approximate surface area is 116 Å². The fourth-order valence-corrected chi connectivity index (χ4v) is 1.67. The van der Waals surface area contributed by atoms with Gasteiger partial charge in [-0.05, 0) is 44.3 Å². The first-order valence-electron chi connectivity index (χ1n) is 6.77. The topological polar surface area (TPSA) is 32.7 Å². The Kier molecular flexibility index (Phi) is 7.72. The monoisotopic (exact) mass is 261 g/mol. The van der Waals surface area contributed by atoms with Gasteiger partial charge in [-0.3, -0.25) is 0 Å². The van der Waals surface area contributed by atoms with Crippen LogP contribution in [-0.4, -0.2) is 43.4 Å². The van der Waals surface area contributed by atoms with E-state index in [0.717, 1.165) is 30.8 Å². The van der Waals surface area contributed by atoms with Gasteiger partial charge in [0.15, 0.2) is 0 Å². The zero-order valence-electron chi connectivity index (χ0n) is 11.9. The largest absolute Gasteiger partial charge is 0.492 e. The number of hydrogen-bond donors (Lipinski definition) is 1. The maximum absolute atomic E-state index is 8.64. The van der Waals surface area contributed by atoms with E-state index in [1.165, 1.54) is 0 Å². The van der Waals surface area contributed by atoms with Crippen LogP contribution in [0.4, 0.5) is 0 Å². The molecule has 0 saturated heterocycles. The zero-order valence-corrected chi connectivity index (χ0v) is 11.9. The van der Waals surface area contributed by atoms with Crippen LogP contribution in [0.25, 0.3) is 0 Å². The van der Waals surface area contributed by atoms with Gasteiger partial charge in [-0.2, -0.15) is 0 Å². The lowest BCUT2D eigenvalue weighted by Crippen LogP contribution is -2.24. The van der Waals surface area contributed by atoms with Crippen LogP contribution < -0.4 is 4.74 Å². The van der Waals surface area contributed by atoms with Gasteiger partial charge in [-0.1, -0.05) is 18.8 Å². The van der Waals surface area contributed by atoms with Gasteiger partial charge in [0, 0.05) is 18.5 Å². The molecule has 0 aliphatic carbocycles. The first-order valence-corrected chi connectivity index (χ1v) is 6.77. The fourth-order valence-electron chi connectivity index (χ4n) is 1.67. The molecule has 0 atom stereocenters. The molecule has 0 spiro atoms. The van der Waals surface area contributed by atoms with Gasteiger partial charge in [-0.15, -0.1) is 0 Å². The van der Waals surface area contributed by atoms with Crippen LogP contribution in [0.3, 0.4) is 0 Å². The first-order chi connectivity index (χ1) is 9.26. The summed E-state index contributed by atoms with van der Waals surface area (Å²) in [5, 5.41) is 8.64. The van der Waals surface area contributed by atoms with Crippen LogP contribution in [0.2, 0.25) is 0 Å². The summed E-state index contributed by atoms with van der Waals surface area (Å²) in [5.74, 6) is 6.76. The lowest BCUT2D eigenvalue weighted by Gasteiger charge is -2.15. The van der Waals surface area contributed by atoms with Crippen molar-refractivity contribution in [2.24, 2.45) is 0 Å². The normalized spacial score (nSPS) is 10.1. The van der Waals surface area contributed by atoms with Crippen LogP contribution in [0.15, 0.2) is 24.3 Å². The summed E-state index contributed by atoms with van der Waals surface area (Å²) in [6, 6.07) is 7.75. The van der Waals surface area contributed by atoms with Gasteiger partial charge in [-0.25, -0.2) is 0 Å². The fraction of sp³-hybridized carbons (Fsp3) is 0.500. The molecule has 0 aromatic heterocycles. The van der Waals surface area contributed by atoms with Crippen LogP contribution >= 0.6 is 0 Å². The molecule has 1 rings (SSSR count). The average molecular weight is 261 g/mol. The van der Waals surface area contributed by atoms with E-state index >= 15 is 0 Å². The molecule has 0 bridgehead atoms. The number of benzene rings is 1. The average Bonchev–Trinajstić information content (AvgIpc) is 2.41. The molecular weight excluding hydrogens is 238 g/mol. The summed E-state index contributed by atoms with van der Waals surface area (Å²) in [4.78, 5) is 2.26. The van der Waals surface area contributed by atoms with E-state index in [0.29, 0.717) is 13.0 Å². The third-order valence-electron chi connectivity index (χ3n) is 2.67. The third-order valence-corrected chi connectivity index (χ3v) is 2.67. The van der Waals surface area contributed by atoms with Crippen LogP contribution in [0.1, 0.15) is 25.3 Å². The van der Waals surface area contributed by atoms with E-state index < -0.39 is 0 Å². The highest BCUT2D eigenvalue weighted by molar-refractivity contribution is 5.38. The Morgan fingerprint density at radius 2 is 1.95 bits per heavy atom. The Hall–Kier alpha value is -1.50. The summed E-state index contributed by atoms with van der Waals surface area (Å²) in [7, 11) is 2.10. The number of likely N-dealkylation sites (N-methyl/N-ethyl adjacent to an activating group) is 1. The van der Waals surface area contributed by atoms with Crippen molar-refractivity contribution < 1.29 is 9.84 Å². The van der Waals surface area contributed by atoms with E-state index in [2.05, 4.69) is 30.7 Å². The number of nitrogens with zero attached hydrogens (tertiary/aromatic N) is 1. The number of aliphatic hydroxyl groups is 1. The second-order valence-corrected chi connectivity index (χ2v) is 4.45. The maximum atomic E-state index is 8.64. The van der Waals surface area contributed by atoms with E-state index in [4.69, 9.17) is 9.84 Å². The molecule has 0 fully saturated rings. The van der Waals surface area contributed by atoms with Gasteiger partial charge < -0.3 is 14.7 Å². The number of hydrogen-bond acceptors (Lipinski definition) is 3. The Morgan fingerprint density at radius 3 is 2.58 bits per heavy atom. The van der Waals surface area contributed by atoms with E-state index in [-0.39, 0.29) is 6.61 Å². The van der Waals surface area contributed by atoms with Crippen molar-refractivity contribution in [1.82, 2.24) is 4.90 Å². The minimum absolute atomic E-state index is 0.111. The van der Waals surface area contributed by atoms with Crippen molar-refractivity contribution in [3.05, 3.63) is 29.8 Å². The highest BCUT2D eigenvalue weighted by Crippen LogP contribution is 2.11. The standard InChI is InChI=1S/C16H23NO2/c1-3-11-17(2)12-14-19-16-9-7-15(8-10-16)6-4-5-13-18/h7-10,18H,3,5,11-14H2,1-2H3. The quantitative estimate of drug-likeness (QED) is 0.763. The molecule has 1 N–H and O–H groups in total. The van der Waals surface area contributed by atoms with E-state index in [1.807, 2.05) is 24.3 Å². The molecule has 1 aromatic rings. The van der Waals surface area contributed by atoms with Crippen LogP contribution in [-0.2, 0) is 0 Å². The Bertz CT molecular complexity index is 403. The number of rotatable bonds is 7. The second-order valence-electron chi connectivity index (χ2n) is 4.45. The predicted octanol–water partition coefficient (Wildman–Crippen LogP) is 2.14. The zero-order chi connectivity index (χ0) is 13.9. The predicted molar refractivity (Wildman–Crippen MR) is 78.3 cm³/mol. The Morgan fingerprint density at radius 1 is 1.21 bits per heavy atom. The SMILES string of the molecule is CCCN(C)CCOc1ccc(C#CCCO)cc1. The molecule has 0 radical (unpaired) electrons. The van der Waals surface area contributed by atoms with E-state index in [1.54, 1.807) is 0 Å². The van der Waals surface area contributed by atoms with Crippen molar-refractivity contribution in [3.8, 4) is 17.6 Å². The number of ether oxygens (including phenoxy) is 1. The van der Waals surface area contributed by atoms with Gasteiger partial charge in [0.25, 0.3) is 0 Å². The summed E-state index contributed by atoms with van der Waals surface area (Å²) in [6.45, 7) is 5.02. The third kappa shape index (κ3) is 6.85. The minimum atomic E-state index is 0.111. The van der Waals surface area contributed by atoms with Crippen molar-refractivity contribution >= 4 is 0 Å². The van der Waals surface area contributed by atoms with Gasteiger partial charge >= 0.3 is 0 Å². The maximum Gasteiger partial charge on any atom is 0.119 e. The summed E-state index contributed by atoms with van der Waals surface area (Å²) < 4.78 is 5.67. The van der Waals surface area contributed by atoms with Gasteiger partial charge in [0.1, 0.15) is 12.4 Å². The lowest BCUT2D eigenvalue weighted by atomic mass is 10.2. The highest BCUT2D eigenvalue weighted by Gasteiger charge is 1.97. The van der Waals surface area contributed by atoms with Crippen molar-refractivity contribution in [2.75, 3.05) is 33.4 Å². The molecule has 0 amide bonds.